The van der Waals surface area contributed by atoms with Crippen LogP contribution in [0.2, 0.25) is 0 Å². The number of sulfonamides is 1. The normalized spacial score (nSPS) is 12.7. The van der Waals surface area contributed by atoms with E-state index in [1.54, 1.807) is 12.1 Å². The molecule has 0 fully saturated rings. The number of carbonyl (C=O) groups is 1. The number of fused-ring (bicyclic) bond motifs is 1. The third kappa shape index (κ3) is 5.35. The average Bonchev–Trinajstić information content (AvgIpc) is 3.13. The molecule has 0 bridgehead atoms. The van der Waals surface area contributed by atoms with Gasteiger partial charge < -0.3 is 14.8 Å². The summed E-state index contributed by atoms with van der Waals surface area (Å²) < 4.78 is 62.0. The fourth-order valence-electron chi connectivity index (χ4n) is 2.85. The maximum atomic E-state index is 13.4. The molecule has 0 spiro atoms. The van der Waals surface area contributed by atoms with Gasteiger partial charge in [-0.1, -0.05) is 6.07 Å². The summed E-state index contributed by atoms with van der Waals surface area (Å²) in [7, 11) is -3.72. The van der Waals surface area contributed by atoms with Gasteiger partial charge in [0.25, 0.3) is 0 Å². The van der Waals surface area contributed by atoms with E-state index in [-0.39, 0.29) is 44.3 Å². The minimum atomic E-state index is -3.72. The van der Waals surface area contributed by atoms with Crippen molar-refractivity contribution in [1.82, 2.24) is 5.32 Å². The molecule has 156 valence electrons. The van der Waals surface area contributed by atoms with Crippen LogP contribution in [0.25, 0.3) is 0 Å². The van der Waals surface area contributed by atoms with E-state index < -0.39 is 21.7 Å². The second kappa shape index (κ2) is 8.64. The van der Waals surface area contributed by atoms with E-state index in [0.29, 0.717) is 11.5 Å². The first-order valence-corrected chi connectivity index (χ1v) is 10.7. The zero-order valence-corrected chi connectivity index (χ0v) is 16.5. The number of hydrogen-bond donors (Lipinski definition) is 1. The molecule has 0 aromatic heterocycles. The summed E-state index contributed by atoms with van der Waals surface area (Å²) in [5, 5.41) is 2.75. The van der Waals surface area contributed by atoms with Gasteiger partial charge in [-0.25, -0.2) is 17.2 Å². The van der Waals surface area contributed by atoms with Gasteiger partial charge >= 0.3 is 0 Å². The molecule has 7 nitrogen and oxygen atoms in total. The Bertz CT molecular complexity index is 1010. The van der Waals surface area contributed by atoms with Crippen LogP contribution in [0.5, 0.6) is 11.5 Å². The first-order valence-electron chi connectivity index (χ1n) is 8.82. The Hall–Kier alpha value is -2.88. The molecular formula is C19H20F2N2O5S. The molecule has 0 atom stereocenters. The van der Waals surface area contributed by atoms with Crippen molar-refractivity contribution >= 4 is 21.6 Å². The average molecular weight is 426 g/mol. The Balaban J connectivity index is 1.52. The largest absolute Gasteiger partial charge is 0.454 e. The molecular weight excluding hydrogens is 406 g/mol. The molecule has 0 aliphatic carbocycles. The molecule has 2 aromatic carbocycles. The molecule has 1 aliphatic rings. The lowest BCUT2D eigenvalue weighted by Gasteiger charge is -2.22. The Morgan fingerprint density at radius 2 is 1.86 bits per heavy atom. The van der Waals surface area contributed by atoms with Gasteiger partial charge in [0.2, 0.25) is 22.7 Å². The van der Waals surface area contributed by atoms with Crippen LogP contribution < -0.4 is 19.1 Å². The molecule has 1 heterocycles. The standard InChI is InChI=1S/C19H20F2N2O5S/c1-29(25,26)23(14-5-6-15(20)16(21)10-14)8-2-3-19(24)22-11-13-4-7-17-18(9-13)28-12-27-17/h4-7,9-10H,2-3,8,11-12H2,1H3,(H,22,24). The second-order valence-corrected chi connectivity index (χ2v) is 8.41. The van der Waals surface area contributed by atoms with Gasteiger partial charge in [-0.15, -0.1) is 0 Å². The molecule has 0 radical (unpaired) electrons. The molecule has 1 amide bonds. The van der Waals surface area contributed by atoms with Crippen molar-refractivity contribution in [3.63, 3.8) is 0 Å². The van der Waals surface area contributed by atoms with Crippen LogP contribution in [-0.4, -0.2) is 33.9 Å². The maximum absolute atomic E-state index is 13.4. The zero-order valence-electron chi connectivity index (χ0n) is 15.7. The molecule has 1 N–H and O–H groups in total. The van der Waals surface area contributed by atoms with Crippen LogP contribution in [0.15, 0.2) is 36.4 Å². The highest BCUT2D eigenvalue weighted by Crippen LogP contribution is 2.32. The zero-order chi connectivity index (χ0) is 21.0. The van der Waals surface area contributed by atoms with E-state index in [2.05, 4.69) is 5.32 Å². The third-order valence-corrected chi connectivity index (χ3v) is 5.48. The van der Waals surface area contributed by atoms with Crippen LogP contribution in [0.4, 0.5) is 14.5 Å². The van der Waals surface area contributed by atoms with Gasteiger partial charge in [-0.05, 0) is 36.2 Å². The Morgan fingerprint density at radius 1 is 1.10 bits per heavy atom. The quantitative estimate of drug-likeness (QED) is 0.701. The lowest BCUT2D eigenvalue weighted by Crippen LogP contribution is -2.32. The number of anilines is 1. The summed E-state index contributed by atoms with van der Waals surface area (Å²) in [6.45, 7) is 0.412. The molecule has 1 aliphatic heterocycles. The number of rotatable bonds is 8. The van der Waals surface area contributed by atoms with E-state index in [1.807, 2.05) is 6.07 Å². The van der Waals surface area contributed by atoms with E-state index >= 15 is 0 Å². The van der Waals surface area contributed by atoms with Crippen molar-refractivity contribution in [1.29, 1.82) is 0 Å². The molecule has 10 heteroatoms. The number of amides is 1. The lowest BCUT2D eigenvalue weighted by molar-refractivity contribution is -0.121. The number of carbonyl (C=O) groups excluding carboxylic acids is 1. The van der Waals surface area contributed by atoms with Crippen molar-refractivity contribution in [2.45, 2.75) is 19.4 Å². The van der Waals surface area contributed by atoms with Gasteiger partial charge in [-0.2, -0.15) is 0 Å². The summed E-state index contributed by atoms with van der Waals surface area (Å²) in [5.74, 6) is -1.20. The fourth-order valence-corrected chi connectivity index (χ4v) is 3.81. The van der Waals surface area contributed by atoms with Crippen molar-refractivity contribution in [2.24, 2.45) is 0 Å². The Labute approximate surface area is 167 Å². The highest BCUT2D eigenvalue weighted by Gasteiger charge is 2.19. The van der Waals surface area contributed by atoms with Gasteiger partial charge in [0.15, 0.2) is 23.1 Å². The molecule has 0 unspecified atom stereocenters. The van der Waals surface area contributed by atoms with Crippen LogP contribution in [0.3, 0.4) is 0 Å². The van der Waals surface area contributed by atoms with E-state index in [0.717, 1.165) is 28.3 Å². The number of benzene rings is 2. The first kappa shape index (κ1) is 20.8. The SMILES string of the molecule is CS(=O)(=O)N(CCCC(=O)NCc1ccc2c(c1)OCO2)c1ccc(F)c(F)c1. The highest BCUT2D eigenvalue weighted by molar-refractivity contribution is 7.92. The van der Waals surface area contributed by atoms with E-state index in [4.69, 9.17) is 9.47 Å². The summed E-state index contributed by atoms with van der Waals surface area (Å²) in [6.07, 6.45) is 1.24. The number of nitrogens with one attached hydrogen (secondary N) is 1. The van der Waals surface area contributed by atoms with Crippen LogP contribution >= 0.6 is 0 Å². The molecule has 3 rings (SSSR count). The van der Waals surface area contributed by atoms with Gasteiger partial charge in [-0.3, -0.25) is 9.10 Å². The maximum Gasteiger partial charge on any atom is 0.232 e. The van der Waals surface area contributed by atoms with Crippen LogP contribution in [0, 0.1) is 11.6 Å². The van der Waals surface area contributed by atoms with Crippen molar-refractivity contribution < 1.29 is 31.5 Å². The second-order valence-electron chi connectivity index (χ2n) is 6.50. The smallest absolute Gasteiger partial charge is 0.232 e. The molecule has 2 aromatic rings. The lowest BCUT2D eigenvalue weighted by atomic mass is 10.2. The van der Waals surface area contributed by atoms with Crippen molar-refractivity contribution in [3.8, 4) is 11.5 Å². The topological polar surface area (TPSA) is 84.9 Å². The predicted octanol–water partition coefficient (Wildman–Crippen LogP) is 2.56. The number of hydrogen-bond acceptors (Lipinski definition) is 5. The van der Waals surface area contributed by atoms with Crippen LogP contribution in [-0.2, 0) is 21.4 Å². The number of ether oxygens (including phenoxy) is 2. The highest BCUT2D eigenvalue weighted by atomic mass is 32.2. The fraction of sp³-hybridized carbons (Fsp3) is 0.316. The molecule has 0 saturated heterocycles. The predicted molar refractivity (Wildman–Crippen MR) is 102 cm³/mol. The number of halogens is 2. The molecule has 0 saturated carbocycles. The van der Waals surface area contributed by atoms with Gasteiger partial charge in [0.05, 0.1) is 11.9 Å². The number of nitrogens with zero attached hydrogens (tertiary/aromatic N) is 1. The Morgan fingerprint density at radius 3 is 2.59 bits per heavy atom. The summed E-state index contributed by atoms with van der Waals surface area (Å²) >= 11 is 0. The van der Waals surface area contributed by atoms with E-state index in [9.17, 15) is 22.0 Å². The third-order valence-electron chi connectivity index (χ3n) is 4.28. The minimum absolute atomic E-state index is 0.00664. The van der Waals surface area contributed by atoms with Gasteiger partial charge in [0.1, 0.15) is 0 Å². The monoisotopic (exact) mass is 426 g/mol. The molecule has 29 heavy (non-hydrogen) atoms. The minimum Gasteiger partial charge on any atom is -0.454 e. The first-order chi connectivity index (χ1) is 13.7. The summed E-state index contributed by atoms with van der Waals surface area (Å²) in [4.78, 5) is 12.1. The summed E-state index contributed by atoms with van der Waals surface area (Å²) in [5.41, 5.74) is 0.842. The van der Waals surface area contributed by atoms with Crippen molar-refractivity contribution in [2.75, 3.05) is 23.9 Å². The van der Waals surface area contributed by atoms with Crippen LogP contribution in [0.1, 0.15) is 18.4 Å². The Kier molecular flexibility index (Phi) is 6.21. The van der Waals surface area contributed by atoms with Crippen molar-refractivity contribution in [3.05, 3.63) is 53.6 Å². The van der Waals surface area contributed by atoms with Gasteiger partial charge in [0, 0.05) is 25.6 Å². The van der Waals surface area contributed by atoms with E-state index in [1.165, 1.54) is 6.07 Å². The summed E-state index contributed by atoms with van der Waals surface area (Å²) in [6, 6.07) is 8.20.